The predicted molar refractivity (Wildman–Crippen MR) is 188 cm³/mol. The molecule has 0 N–H and O–H groups in total. The van der Waals surface area contributed by atoms with Crippen LogP contribution in [0, 0.1) is 0 Å². The van der Waals surface area contributed by atoms with E-state index in [0.717, 1.165) is 28.3 Å². The third-order valence-electron chi connectivity index (χ3n) is 8.34. The SMILES string of the molecule is C(=C\c1ccc(N(c2ccc3ccccc3c2)c2ccc3c(c2)c2ccccc2n3-c2ccccc2)cc1)/c1ccccc1. The molecule has 2 nitrogen and oxygen atoms in total. The Bertz CT molecular complexity index is 2260. The van der Waals surface area contributed by atoms with Crippen LogP contribution >= 0.6 is 0 Å². The summed E-state index contributed by atoms with van der Waals surface area (Å²) in [4.78, 5) is 2.37. The first-order chi connectivity index (χ1) is 21.8. The highest BCUT2D eigenvalue weighted by Crippen LogP contribution is 2.40. The largest absolute Gasteiger partial charge is 0.310 e. The zero-order chi connectivity index (χ0) is 29.3. The molecule has 0 atom stereocenters. The Labute approximate surface area is 257 Å². The maximum Gasteiger partial charge on any atom is 0.0542 e. The summed E-state index contributed by atoms with van der Waals surface area (Å²) in [7, 11) is 0. The summed E-state index contributed by atoms with van der Waals surface area (Å²) in [5.41, 5.74) is 9.28. The molecule has 44 heavy (non-hydrogen) atoms. The standard InChI is InChI=1S/C42H30N2/c1-3-11-31(12-4-1)19-20-32-21-24-36(25-22-32)43(37-26-23-33-13-7-8-14-34(33)29-37)38-27-28-42-40(30-38)39-17-9-10-18-41(39)44(42)35-15-5-2-6-16-35/h1-30H/b20-19+. The number of nitrogens with zero attached hydrogens (tertiary/aromatic N) is 2. The molecule has 0 unspecified atom stereocenters. The number of hydrogen-bond acceptors (Lipinski definition) is 1. The molecular weight excluding hydrogens is 532 g/mol. The van der Waals surface area contributed by atoms with Crippen LogP contribution in [0.2, 0.25) is 0 Å². The Hall–Kier alpha value is -5.86. The maximum atomic E-state index is 2.37. The first-order valence-corrected chi connectivity index (χ1v) is 15.0. The van der Waals surface area contributed by atoms with E-state index in [1.165, 1.54) is 38.1 Å². The van der Waals surface area contributed by atoms with Gasteiger partial charge in [0.1, 0.15) is 0 Å². The van der Waals surface area contributed by atoms with E-state index in [1.54, 1.807) is 0 Å². The lowest BCUT2D eigenvalue weighted by atomic mass is 10.1. The molecule has 8 rings (SSSR count). The fourth-order valence-corrected chi connectivity index (χ4v) is 6.21. The third kappa shape index (κ3) is 4.73. The first-order valence-electron chi connectivity index (χ1n) is 15.0. The van der Waals surface area contributed by atoms with Gasteiger partial charge in [-0.2, -0.15) is 0 Å². The van der Waals surface area contributed by atoms with Gasteiger partial charge in [-0.25, -0.2) is 0 Å². The molecule has 208 valence electrons. The van der Waals surface area contributed by atoms with Crippen molar-refractivity contribution in [3.63, 3.8) is 0 Å². The molecule has 0 saturated heterocycles. The number of rotatable bonds is 6. The minimum atomic E-state index is 1.11. The van der Waals surface area contributed by atoms with Crippen molar-refractivity contribution in [2.24, 2.45) is 0 Å². The molecule has 0 radical (unpaired) electrons. The number of aromatic nitrogens is 1. The van der Waals surface area contributed by atoms with Crippen molar-refractivity contribution in [3.05, 3.63) is 181 Å². The monoisotopic (exact) mass is 562 g/mol. The van der Waals surface area contributed by atoms with Gasteiger partial charge in [-0.15, -0.1) is 0 Å². The van der Waals surface area contributed by atoms with E-state index in [1.807, 2.05) is 6.07 Å². The van der Waals surface area contributed by atoms with Crippen LogP contribution in [-0.4, -0.2) is 4.57 Å². The molecule has 2 heteroatoms. The molecule has 0 saturated carbocycles. The Kier molecular flexibility index (Phi) is 6.51. The zero-order valence-electron chi connectivity index (χ0n) is 24.2. The third-order valence-corrected chi connectivity index (χ3v) is 8.34. The van der Waals surface area contributed by atoms with Gasteiger partial charge in [-0.3, -0.25) is 0 Å². The molecule has 1 aromatic heterocycles. The van der Waals surface area contributed by atoms with Gasteiger partial charge in [-0.05, 0) is 82.6 Å². The molecule has 0 amide bonds. The second kappa shape index (κ2) is 11.1. The normalized spacial score (nSPS) is 11.5. The Balaban J connectivity index is 1.28. The van der Waals surface area contributed by atoms with Crippen molar-refractivity contribution in [2.75, 3.05) is 4.90 Å². The minimum absolute atomic E-state index is 1.11. The van der Waals surface area contributed by atoms with E-state index in [-0.39, 0.29) is 0 Å². The van der Waals surface area contributed by atoms with Gasteiger partial charge >= 0.3 is 0 Å². The van der Waals surface area contributed by atoms with Gasteiger partial charge < -0.3 is 9.47 Å². The van der Waals surface area contributed by atoms with Crippen LogP contribution in [0.5, 0.6) is 0 Å². The lowest BCUT2D eigenvalue weighted by molar-refractivity contribution is 1.18. The Morgan fingerprint density at radius 1 is 0.386 bits per heavy atom. The number of fused-ring (bicyclic) bond motifs is 4. The molecule has 0 aliphatic heterocycles. The molecule has 7 aromatic carbocycles. The summed E-state index contributed by atoms with van der Waals surface area (Å²) < 4.78 is 2.36. The van der Waals surface area contributed by atoms with E-state index in [0.29, 0.717) is 0 Å². The van der Waals surface area contributed by atoms with Crippen LogP contribution in [-0.2, 0) is 0 Å². The minimum Gasteiger partial charge on any atom is -0.310 e. The highest BCUT2D eigenvalue weighted by molar-refractivity contribution is 6.10. The molecule has 0 aliphatic rings. The van der Waals surface area contributed by atoms with Crippen molar-refractivity contribution in [1.29, 1.82) is 0 Å². The second-order valence-corrected chi connectivity index (χ2v) is 11.1. The van der Waals surface area contributed by atoms with Crippen molar-refractivity contribution in [2.45, 2.75) is 0 Å². The smallest absolute Gasteiger partial charge is 0.0542 e. The maximum absolute atomic E-state index is 2.37. The summed E-state index contributed by atoms with van der Waals surface area (Å²) >= 11 is 0. The first kappa shape index (κ1) is 25.8. The van der Waals surface area contributed by atoms with Crippen LogP contribution in [0.4, 0.5) is 17.1 Å². The number of benzene rings is 7. The molecule has 1 heterocycles. The van der Waals surface area contributed by atoms with Crippen molar-refractivity contribution >= 4 is 61.8 Å². The molecule has 0 aliphatic carbocycles. The molecule has 0 bridgehead atoms. The van der Waals surface area contributed by atoms with Crippen molar-refractivity contribution in [1.82, 2.24) is 4.57 Å². The quantitative estimate of drug-likeness (QED) is 0.183. The average Bonchev–Trinajstić information content (AvgIpc) is 3.43. The van der Waals surface area contributed by atoms with Crippen LogP contribution in [0.25, 0.3) is 50.4 Å². The fraction of sp³-hybridized carbons (Fsp3) is 0. The van der Waals surface area contributed by atoms with Gasteiger partial charge in [0, 0.05) is 33.5 Å². The van der Waals surface area contributed by atoms with Crippen LogP contribution in [0.3, 0.4) is 0 Å². The zero-order valence-corrected chi connectivity index (χ0v) is 24.2. The average molecular weight is 563 g/mol. The van der Waals surface area contributed by atoms with Gasteiger partial charge in [0.2, 0.25) is 0 Å². The number of anilines is 3. The Morgan fingerprint density at radius 3 is 1.75 bits per heavy atom. The summed E-state index contributed by atoms with van der Waals surface area (Å²) in [6, 6.07) is 60.7. The van der Waals surface area contributed by atoms with Gasteiger partial charge in [0.15, 0.2) is 0 Å². The topological polar surface area (TPSA) is 8.17 Å². The molecule has 0 fully saturated rings. The summed E-state index contributed by atoms with van der Waals surface area (Å²) in [6.45, 7) is 0. The number of hydrogen-bond donors (Lipinski definition) is 0. The summed E-state index contributed by atoms with van der Waals surface area (Å²) in [5, 5.41) is 4.93. The van der Waals surface area contributed by atoms with Crippen LogP contribution < -0.4 is 4.90 Å². The van der Waals surface area contributed by atoms with E-state index in [9.17, 15) is 0 Å². The number of para-hydroxylation sites is 2. The van der Waals surface area contributed by atoms with Crippen molar-refractivity contribution < 1.29 is 0 Å². The Morgan fingerprint density at radius 2 is 0.955 bits per heavy atom. The van der Waals surface area contributed by atoms with Crippen molar-refractivity contribution in [3.8, 4) is 5.69 Å². The van der Waals surface area contributed by atoms with Gasteiger partial charge in [0.05, 0.1) is 11.0 Å². The van der Waals surface area contributed by atoms with E-state index >= 15 is 0 Å². The molecule has 8 aromatic rings. The van der Waals surface area contributed by atoms with Crippen LogP contribution in [0.15, 0.2) is 170 Å². The van der Waals surface area contributed by atoms with E-state index in [2.05, 4.69) is 185 Å². The fourth-order valence-electron chi connectivity index (χ4n) is 6.21. The van der Waals surface area contributed by atoms with Crippen LogP contribution in [0.1, 0.15) is 11.1 Å². The summed E-state index contributed by atoms with van der Waals surface area (Å²) in [6.07, 6.45) is 4.33. The van der Waals surface area contributed by atoms with Gasteiger partial charge in [-0.1, -0.05) is 121 Å². The lowest BCUT2D eigenvalue weighted by Gasteiger charge is -2.26. The lowest BCUT2D eigenvalue weighted by Crippen LogP contribution is -2.10. The highest BCUT2D eigenvalue weighted by atomic mass is 15.1. The summed E-state index contributed by atoms with van der Waals surface area (Å²) in [5.74, 6) is 0. The van der Waals surface area contributed by atoms with Gasteiger partial charge in [0.25, 0.3) is 0 Å². The predicted octanol–water partition coefficient (Wildman–Crippen LogP) is 11.6. The second-order valence-electron chi connectivity index (χ2n) is 11.1. The van der Waals surface area contributed by atoms with E-state index in [4.69, 9.17) is 0 Å². The van der Waals surface area contributed by atoms with E-state index < -0.39 is 0 Å². The molecule has 0 spiro atoms. The highest BCUT2D eigenvalue weighted by Gasteiger charge is 2.17. The molecular formula is C42H30N2.